The number of nitriles is 2. The van der Waals surface area contributed by atoms with Crippen molar-refractivity contribution in [2.45, 2.75) is 0 Å². The Kier molecular flexibility index (Phi) is 4.18. The average Bonchev–Trinajstić information content (AvgIpc) is 2.54. The van der Waals surface area contributed by atoms with Crippen molar-refractivity contribution in [2.24, 2.45) is 0 Å². The number of ether oxygens (including phenoxy) is 2. The summed E-state index contributed by atoms with van der Waals surface area (Å²) in [6.07, 6.45) is 0. The van der Waals surface area contributed by atoms with Gasteiger partial charge in [-0.3, -0.25) is 0 Å². The fourth-order valence-corrected chi connectivity index (χ4v) is 1.75. The highest BCUT2D eigenvalue weighted by molar-refractivity contribution is 5.89. The molecule has 5 nitrogen and oxygen atoms in total. The highest BCUT2D eigenvalue weighted by Gasteiger charge is 2.12. The van der Waals surface area contributed by atoms with Crippen LogP contribution in [0.25, 0.3) is 0 Å². The van der Waals surface area contributed by atoms with Crippen molar-refractivity contribution in [3.8, 4) is 23.6 Å². The molecule has 21 heavy (non-hydrogen) atoms. The number of benzene rings is 2. The molecular formula is C16H10N2O3. The van der Waals surface area contributed by atoms with Crippen LogP contribution in [0.3, 0.4) is 0 Å². The van der Waals surface area contributed by atoms with E-state index < -0.39 is 5.97 Å². The lowest BCUT2D eigenvalue weighted by atomic mass is 10.1. The standard InChI is InChI=1S/C16H10N2O3/c1-20-16(19)11-4-3-7-14(8-11)21-15-12(9-17)5-2-6-13(15)10-18/h2-8H,1H3. The number of hydrogen-bond acceptors (Lipinski definition) is 5. The lowest BCUT2D eigenvalue weighted by molar-refractivity contribution is 0.0600. The minimum absolute atomic E-state index is 0.171. The van der Waals surface area contributed by atoms with E-state index in [0.717, 1.165) is 0 Å². The van der Waals surface area contributed by atoms with Crippen molar-refractivity contribution in [3.63, 3.8) is 0 Å². The summed E-state index contributed by atoms with van der Waals surface area (Å²) in [6.45, 7) is 0. The van der Waals surface area contributed by atoms with Gasteiger partial charge in [-0.25, -0.2) is 4.79 Å². The number of nitrogens with zero attached hydrogens (tertiary/aromatic N) is 2. The van der Waals surface area contributed by atoms with Crippen LogP contribution in [0.15, 0.2) is 42.5 Å². The molecule has 0 N–H and O–H groups in total. The van der Waals surface area contributed by atoms with Gasteiger partial charge in [0.15, 0.2) is 5.75 Å². The predicted molar refractivity (Wildman–Crippen MR) is 73.7 cm³/mol. The van der Waals surface area contributed by atoms with Gasteiger partial charge in [-0.1, -0.05) is 12.1 Å². The first-order valence-corrected chi connectivity index (χ1v) is 5.99. The van der Waals surface area contributed by atoms with Gasteiger partial charge >= 0.3 is 5.97 Å². The highest BCUT2D eigenvalue weighted by atomic mass is 16.5. The molecule has 0 unspecified atom stereocenters. The Morgan fingerprint density at radius 2 is 1.67 bits per heavy atom. The van der Waals surface area contributed by atoms with Gasteiger partial charge < -0.3 is 9.47 Å². The smallest absolute Gasteiger partial charge is 0.337 e. The predicted octanol–water partition coefficient (Wildman–Crippen LogP) is 3.01. The molecule has 0 saturated carbocycles. The van der Waals surface area contributed by atoms with Crippen molar-refractivity contribution >= 4 is 5.97 Å². The molecule has 0 spiro atoms. The Bertz CT molecular complexity index is 738. The molecule has 0 saturated heterocycles. The lowest BCUT2D eigenvalue weighted by Crippen LogP contribution is -2.01. The summed E-state index contributed by atoms with van der Waals surface area (Å²) in [6, 6.07) is 15.0. The van der Waals surface area contributed by atoms with Crippen LogP contribution >= 0.6 is 0 Å². The zero-order chi connectivity index (χ0) is 15.2. The van der Waals surface area contributed by atoms with E-state index in [-0.39, 0.29) is 16.9 Å². The molecule has 0 aromatic heterocycles. The number of carbonyl (C=O) groups is 1. The SMILES string of the molecule is COC(=O)c1cccc(Oc2c(C#N)cccc2C#N)c1. The van der Waals surface area contributed by atoms with E-state index in [1.807, 2.05) is 12.1 Å². The second-order valence-corrected chi connectivity index (χ2v) is 4.03. The molecule has 2 aromatic carbocycles. The van der Waals surface area contributed by atoms with E-state index >= 15 is 0 Å². The van der Waals surface area contributed by atoms with Gasteiger partial charge in [0.25, 0.3) is 0 Å². The van der Waals surface area contributed by atoms with Crippen LogP contribution in [-0.2, 0) is 4.74 Å². The Hall–Kier alpha value is -3.31. The number of hydrogen-bond donors (Lipinski definition) is 0. The Morgan fingerprint density at radius 3 is 2.24 bits per heavy atom. The molecule has 2 rings (SSSR count). The maximum absolute atomic E-state index is 11.5. The molecule has 0 aliphatic heterocycles. The lowest BCUT2D eigenvalue weighted by Gasteiger charge is -2.09. The summed E-state index contributed by atoms with van der Waals surface area (Å²) in [5.41, 5.74) is 0.818. The van der Waals surface area contributed by atoms with Crippen LogP contribution in [0.4, 0.5) is 0 Å². The number of methoxy groups -OCH3 is 1. The molecule has 102 valence electrons. The molecule has 2 aromatic rings. The molecule has 0 heterocycles. The van der Waals surface area contributed by atoms with Crippen molar-refractivity contribution in [1.29, 1.82) is 10.5 Å². The first-order valence-electron chi connectivity index (χ1n) is 5.99. The van der Waals surface area contributed by atoms with Crippen LogP contribution in [-0.4, -0.2) is 13.1 Å². The molecule has 5 heteroatoms. The quantitative estimate of drug-likeness (QED) is 0.806. The summed E-state index contributed by atoms with van der Waals surface area (Å²) < 4.78 is 10.2. The topological polar surface area (TPSA) is 83.1 Å². The van der Waals surface area contributed by atoms with Gasteiger partial charge in [0.1, 0.15) is 17.9 Å². The molecule has 0 atom stereocenters. The fourth-order valence-electron chi connectivity index (χ4n) is 1.75. The van der Waals surface area contributed by atoms with E-state index in [9.17, 15) is 4.79 Å². The highest BCUT2D eigenvalue weighted by Crippen LogP contribution is 2.29. The third-order valence-electron chi connectivity index (χ3n) is 2.73. The zero-order valence-electron chi connectivity index (χ0n) is 11.2. The molecule has 0 bridgehead atoms. The average molecular weight is 278 g/mol. The minimum atomic E-state index is -0.491. The van der Waals surface area contributed by atoms with Gasteiger partial charge in [-0.15, -0.1) is 0 Å². The Morgan fingerprint density at radius 1 is 1.05 bits per heavy atom. The molecule has 0 aliphatic rings. The van der Waals surface area contributed by atoms with Gasteiger partial charge in [-0.2, -0.15) is 10.5 Å². The van der Waals surface area contributed by atoms with E-state index in [0.29, 0.717) is 11.3 Å². The maximum atomic E-state index is 11.5. The van der Waals surface area contributed by atoms with E-state index in [1.165, 1.54) is 13.2 Å². The van der Waals surface area contributed by atoms with Gasteiger partial charge in [0.2, 0.25) is 0 Å². The number of para-hydroxylation sites is 1. The Labute approximate surface area is 121 Å². The van der Waals surface area contributed by atoms with Crippen LogP contribution in [0, 0.1) is 22.7 Å². The minimum Gasteiger partial charge on any atom is -0.465 e. The summed E-state index contributed by atoms with van der Waals surface area (Å²) in [5.74, 6) is 0.0242. The Balaban J connectivity index is 2.42. The van der Waals surface area contributed by atoms with Gasteiger partial charge in [0, 0.05) is 0 Å². The first kappa shape index (κ1) is 14.1. The van der Waals surface area contributed by atoms with E-state index in [4.69, 9.17) is 15.3 Å². The molecule has 0 aliphatic carbocycles. The molecule has 0 radical (unpaired) electrons. The van der Waals surface area contributed by atoms with Gasteiger partial charge in [-0.05, 0) is 30.3 Å². The third-order valence-corrected chi connectivity index (χ3v) is 2.73. The van der Waals surface area contributed by atoms with Crippen molar-refractivity contribution < 1.29 is 14.3 Å². The van der Waals surface area contributed by atoms with Crippen molar-refractivity contribution in [3.05, 3.63) is 59.2 Å². The summed E-state index contributed by atoms with van der Waals surface area (Å²) in [7, 11) is 1.29. The van der Waals surface area contributed by atoms with E-state index in [2.05, 4.69) is 4.74 Å². The van der Waals surface area contributed by atoms with Crippen LogP contribution in [0.2, 0.25) is 0 Å². The number of carbonyl (C=O) groups excluding carboxylic acids is 1. The third kappa shape index (κ3) is 2.99. The summed E-state index contributed by atoms with van der Waals surface area (Å²) in [5, 5.41) is 18.2. The van der Waals surface area contributed by atoms with Crippen molar-refractivity contribution in [2.75, 3.05) is 7.11 Å². The number of esters is 1. The number of rotatable bonds is 3. The maximum Gasteiger partial charge on any atom is 0.337 e. The molecule has 0 amide bonds. The van der Waals surface area contributed by atoms with Gasteiger partial charge in [0.05, 0.1) is 23.8 Å². The van der Waals surface area contributed by atoms with Crippen molar-refractivity contribution in [1.82, 2.24) is 0 Å². The second-order valence-electron chi connectivity index (χ2n) is 4.03. The molecule has 0 fully saturated rings. The van der Waals surface area contributed by atoms with E-state index in [1.54, 1.807) is 36.4 Å². The summed E-state index contributed by atoms with van der Waals surface area (Å²) >= 11 is 0. The summed E-state index contributed by atoms with van der Waals surface area (Å²) in [4.78, 5) is 11.5. The molecular weight excluding hydrogens is 268 g/mol. The second kappa shape index (κ2) is 6.23. The monoisotopic (exact) mass is 278 g/mol. The fraction of sp³-hybridized carbons (Fsp3) is 0.0625. The largest absolute Gasteiger partial charge is 0.465 e. The van der Waals surface area contributed by atoms with Crippen LogP contribution in [0.1, 0.15) is 21.5 Å². The zero-order valence-corrected chi connectivity index (χ0v) is 11.2. The van der Waals surface area contributed by atoms with Crippen LogP contribution < -0.4 is 4.74 Å². The normalized spacial score (nSPS) is 9.29. The first-order chi connectivity index (χ1) is 10.2. The van der Waals surface area contributed by atoms with Crippen LogP contribution in [0.5, 0.6) is 11.5 Å².